The van der Waals surface area contributed by atoms with Gasteiger partial charge in [-0.2, -0.15) is 0 Å². The highest BCUT2D eigenvalue weighted by molar-refractivity contribution is 5.95. The number of hydrogen-bond acceptors (Lipinski definition) is 3. The van der Waals surface area contributed by atoms with Gasteiger partial charge in [0.05, 0.1) is 0 Å². The molecule has 2 aromatic rings. The van der Waals surface area contributed by atoms with Crippen molar-refractivity contribution < 1.29 is 9.59 Å². The van der Waals surface area contributed by atoms with Gasteiger partial charge in [-0.15, -0.1) is 0 Å². The Labute approximate surface area is 117 Å². The van der Waals surface area contributed by atoms with Gasteiger partial charge in [0.2, 0.25) is 0 Å². The Morgan fingerprint density at radius 2 is 1.95 bits per heavy atom. The lowest BCUT2D eigenvalue weighted by Gasteiger charge is -2.28. The minimum Gasteiger partial charge on any atom is -0.333 e. The van der Waals surface area contributed by atoms with Crippen LogP contribution in [-0.4, -0.2) is 28.6 Å². The molecule has 0 radical (unpaired) electrons. The van der Waals surface area contributed by atoms with Gasteiger partial charge in [0.1, 0.15) is 11.4 Å². The number of amides is 1. The molecule has 4 nitrogen and oxygen atoms in total. The van der Waals surface area contributed by atoms with Crippen molar-refractivity contribution >= 4 is 12.2 Å². The smallest absolute Gasteiger partial charge is 0.273 e. The maximum absolute atomic E-state index is 12.4. The SMILES string of the molecule is O=Cc1ccc2c(n1)C(=O)N(Cc1ccccc1)CC2. The molecule has 0 fully saturated rings. The standard InChI is InChI=1S/C16H14N2O2/c19-11-14-7-6-13-8-9-18(16(20)15(13)17-14)10-12-4-2-1-3-5-12/h1-7,11H,8-10H2. The fraction of sp³-hybridized carbons (Fsp3) is 0.188. The van der Waals surface area contributed by atoms with Gasteiger partial charge < -0.3 is 4.90 Å². The van der Waals surface area contributed by atoms with E-state index in [-0.39, 0.29) is 5.91 Å². The first-order chi connectivity index (χ1) is 9.78. The average Bonchev–Trinajstić information content (AvgIpc) is 2.51. The summed E-state index contributed by atoms with van der Waals surface area (Å²) in [6.45, 7) is 1.26. The summed E-state index contributed by atoms with van der Waals surface area (Å²) in [6.07, 6.45) is 1.45. The van der Waals surface area contributed by atoms with Crippen LogP contribution in [0.15, 0.2) is 42.5 Å². The van der Waals surface area contributed by atoms with Crippen molar-refractivity contribution in [2.24, 2.45) is 0 Å². The van der Waals surface area contributed by atoms with Gasteiger partial charge in [-0.1, -0.05) is 36.4 Å². The van der Waals surface area contributed by atoms with Gasteiger partial charge in [0, 0.05) is 13.1 Å². The Morgan fingerprint density at radius 1 is 1.15 bits per heavy atom. The fourth-order valence-corrected chi connectivity index (χ4v) is 2.42. The first-order valence-corrected chi connectivity index (χ1v) is 6.56. The lowest BCUT2D eigenvalue weighted by atomic mass is 10.0. The quantitative estimate of drug-likeness (QED) is 0.799. The van der Waals surface area contributed by atoms with Crippen LogP contribution in [0.2, 0.25) is 0 Å². The van der Waals surface area contributed by atoms with Gasteiger partial charge in [0.25, 0.3) is 5.91 Å². The molecule has 0 aliphatic carbocycles. The zero-order valence-electron chi connectivity index (χ0n) is 11.0. The number of nitrogens with zero attached hydrogens (tertiary/aromatic N) is 2. The zero-order valence-corrected chi connectivity index (χ0v) is 11.0. The number of carbonyl (C=O) groups is 2. The van der Waals surface area contributed by atoms with Gasteiger partial charge in [-0.25, -0.2) is 4.98 Å². The largest absolute Gasteiger partial charge is 0.333 e. The van der Waals surface area contributed by atoms with Crippen LogP contribution in [0.4, 0.5) is 0 Å². The van der Waals surface area contributed by atoms with Crippen LogP contribution in [0.5, 0.6) is 0 Å². The lowest BCUT2D eigenvalue weighted by Crippen LogP contribution is -2.37. The number of carbonyl (C=O) groups excluding carboxylic acids is 2. The number of rotatable bonds is 3. The third-order valence-corrected chi connectivity index (χ3v) is 3.48. The van der Waals surface area contributed by atoms with Crippen LogP contribution in [0, 0.1) is 0 Å². The summed E-state index contributed by atoms with van der Waals surface area (Å²) in [4.78, 5) is 29.1. The van der Waals surface area contributed by atoms with E-state index >= 15 is 0 Å². The summed E-state index contributed by atoms with van der Waals surface area (Å²) in [5.41, 5.74) is 2.73. The van der Waals surface area contributed by atoms with Crippen molar-refractivity contribution in [2.45, 2.75) is 13.0 Å². The van der Waals surface area contributed by atoms with Gasteiger partial charge in [-0.05, 0) is 23.6 Å². The van der Waals surface area contributed by atoms with E-state index in [1.165, 1.54) is 0 Å². The molecule has 1 aliphatic rings. The van der Waals surface area contributed by atoms with Crippen LogP contribution >= 0.6 is 0 Å². The lowest BCUT2D eigenvalue weighted by molar-refractivity contribution is 0.0720. The molecule has 0 atom stereocenters. The van der Waals surface area contributed by atoms with Crippen molar-refractivity contribution in [3.63, 3.8) is 0 Å². The maximum Gasteiger partial charge on any atom is 0.273 e. The minimum atomic E-state index is -0.0983. The predicted octanol–water partition coefficient (Wildman–Crippen LogP) is 2.09. The number of benzene rings is 1. The average molecular weight is 266 g/mol. The van der Waals surface area contributed by atoms with Crippen LogP contribution in [0.3, 0.4) is 0 Å². The van der Waals surface area contributed by atoms with E-state index in [4.69, 9.17) is 0 Å². The van der Waals surface area contributed by atoms with Crippen molar-refractivity contribution in [3.05, 3.63) is 65.0 Å². The summed E-state index contributed by atoms with van der Waals surface area (Å²) in [7, 11) is 0. The maximum atomic E-state index is 12.4. The van der Waals surface area contributed by atoms with Crippen LogP contribution in [-0.2, 0) is 13.0 Å². The van der Waals surface area contributed by atoms with Crippen LogP contribution in [0.25, 0.3) is 0 Å². The van der Waals surface area contributed by atoms with E-state index in [1.807, 2.05) is 36.4 Å². The molecule has 1 aliphatic heterocycles. The van der Waals surface area contributed by atoms with Crippen LogP contribution in [0.1, 0.15) is 32.1 Å². The molecular formula is C16H14N2O2. The predicted molar refractivity (Wildman–Crippen MR) is 74.5 cm³/mol. The fourth-order valence-electron chi connectivity index (χ4n) is 2.42. The monoisotopic (exact) mass is 266 g/mol. The van der Waals surface area contributed by atoms with Crippen LogP contribution < -0.4 is 0 Å². The molecule has 20 heavy (non-hydrogen) atoms. The van der Waals surface area contributed by atoms with E-state index in [2.05, 4.69) is 4.98 Å². The molecule has 1 aromatic carbocycles. The second-order valence-electron chi connectivity index (χ2n) is 4.82. The Bertz CT molecular complexity index is 653. The van der Waals surface area contributed by atoms with Crippen molar-refractivity contribution in [2.75, 3.05) is 6.54 Å². The number of aromatic nitrogens is 1. The molecule has 100 valence electrons. The second-order valence-corrected chi connectivity index (χ2v) is 4.82. The van der Waals surface area contributed by atoms with E-state index < -0.39 is 0 Å². The molecule has 0 N–H and O–H groups in total. The Balaban J connectivity index is 1.86. The highest BCUT2D eigenvalue weighted by Gasteiger charge is 2.25. The molecule has 0 saturated carbocycles. The summed E-state index contributed by atoms with van der Waals surface area (Å²) in [5, 5.41) is 0. The van der Waals surface area contributed by atoms with E-state index in [0.717, 1.165) is 17.5 Å². The molecule has 1 aromatic heterocycles. The molecule has 4 heteroatoms. The van der Waals surface area contributed by atoms with Crippen molar-refractivity contribution in [3.8, 4) is 0 Å². The third kappa shape index (κ3) is 2.32. The van der Waals surface area contributed by atoms with Crippen molar-refractivity contribution in [1.82, 2.24) is 9.88 Å². The zero-order chi connectivity index (χ0) is 13.9. The molecule has 0 saturated heterocycles. The number of fused-ring (bicyclic) bond motifs is 1. The molecule has 2 heterocycles. The van der Waals surface area contributed by atoms with Gasteiger partial charge >= 0.3 is 0 Å². The number of hydrogen-bond donors (Lipinski definition) is 0. The Morgan fingerprint density at radius 3 is 2.70 bits per heavy atom. The second kappa shape index (κ2) is 5.25. The summed E-state index contributed by atoms with van der Waals surface area (Å²) in [5.74, 6) is -0.0983. The first kappa shape index (κ1) is 12.5. The first-order valence-electron chi connectivity index (χ1n) is 6.56. The topological polar surface area (TPSA) is 50.3 Å². The molecule has 0 unspecified atom stereocenters. The van der Waals surface area contributed by atoms with Gasteiger partial charge in [0.15, 0.2) is 6.29 Å². The molecular weight excluding hydrogens is 252 g/mol. The number of pyridine rings is 1. The highest BCUT2D eigenvalue weighted by Crippen LogP contribution is 2.19. The Hall–Kier alpha value is -2.49. The molecule has 0 bridgehead atoms. The third-order valence-electron chi connectivity index (χ3n) is 3.48. The molecule has 3 rings (SSSR count). The Kier molecular flexibility index (Phi) is 3.29. The summed E-state index contributed by atoms with van der Waals surface area (Å²) >= 11 is 0. The highest BCUT2D eigenvalue weighted by atomic mass is 16.2. The molecule has 0 spiro atoms. The molecule has 1 amide bonds. The summed E-state index contributed by atoms with van der Waals surface area (Å²) < 4.78 is 0. The van der Waals surface area contributed by atoms with E-state index in [0.29, 0.717) is 30.8 Å². The normalized spacial score (nSPS) is 14.0. The minimum absolute atomic E-state index is 0.0983. The number of aldehydes is 1. The summed E-state index contributed by atoms with van der Waals surface area (Å²) in [6, 6.07) is 13.3. The van der Waals surface area contributed by atoms with E-state index in [1.54, 1.807) is 11.0 Å². The van der Waals surface area contributed by atoms with Crippen molar-refractivity contribution in [1.29, 1.82) is 0 Å². The van der Waals surface area contributed by atoms with Gasteiger partial charge in [-0.3, -0.25) is 9.59 Å². The van der Waals surface area contributed by atoms with E-state index in [9.17, 15) is 9.59 Å².